The number of aromatic nitrogens is 2. The molecule has 3 aromatic rings. The van der Waals surface area contributed by atoms with Gasteiger partial charge >= 0.3 is 0 Å². The molecular weight excluding hydrogens is 338 g/mol. The van der Waals surface area contributed by atoms with Crippen LogP contribution in [-0.2, 0) is 11.3 Å². The minimum absolute atomic E-state index is 0.0703. The third kappa shape index (κ3) is 4.30. The number of nitrogens with zero attached hydrogens (tertiary/aromatic N) is 2. The average molecular weight is 363 g/mol. The highest BCUT2D eigenvalue weighted by Gasteiger charge is 2.24. The van der Waals surface area contributed by atoms with Gasteiger partial charge in [0.2, 0.25) is 11.8 Å². The van der Waals surface area contributed by atoms with Crippen LogP contribution in [0.1, 0.15) is 31.2 Å². The maximum atomic E-state index is 12.5. The maximum absolute atomic E-state index is 12.5. The quantitative estimate of drug-likeness (QED) is 0.749. The molecule has 0 spiro atoms. The first-order valence-electron chi connectivity index (χ1n) is 9.60. The number of ether oxygens (including phenoxy) is 1. The van der Waals surface area contributed by atoms with Gasteiger partial charge < -0.3 is 14.6 Å². The Balaban J connectivity index is 1.26. The van der Waals surface area contributed by atoms with Gasteiger partial charge in [0.15, 0.2) is 0 Å². The molecule has 0 bridgehead atoms. The van der Waals surface area contributed by atoms with Crippen molar-refractivity contribution < 1.29 is 9.53 Å². The summed E-state index contributed by atoms with van der Waals surface area (Å²) in [6.07, 6.45) is 7.74. The van der Waals surface area contributed by atoms with Gasteiger partial charge in [0.1, 0.15) is 12.6 Å². The lowest BCUT2D eigenvalue weighted by molar-refractivity contribution is -0.122. The Bertz CT molecular complexity index is 909. The molecule has 2 heterocycles. The van der Waals surface area contributed by atoms with Crippen LogP contribution in [-0.4, -0.2) is 27.6 Å². The van der Waals surface area contributed by atoms with Crippen LogP contribution in [0.15, 0.2) is 54.9 Å². The maximum Gasteiger partial charge on any atom is 0.240 e. The molecule has 27 heavy (non-hydrogen) atoms. The van der Waals surface area contributed by atoms with Gasteiger partial charge in [-0.1, -0.05) is 24.3 Å². The van der Waals surface area contributed by atoms with Crippen molar-refractivity contribution in [3.8, 4) is 5.88 Å². The number of para-hydroxylation sites is 1. The minimum Gasteiger partial charge on any atom is -0.474 e. The Hall–Kier alpha value is -2.82. The summed E-state index contributed by atoms with van der Waals surface area (Å²) in [5, 5.41) is 4.34. The molecule has 0 aliphatic heterocycles. The molecule has 1 amide bonds. The zero-order chi connectivity index (χ0) is 18.6. The largest absolute Gasteiger partial charge is 0.474 e. The number of rotatable bonds is 5. The van der Waals surface area contributed by atoms with Crippen molar-refractivity contribution in [2.75, 3.05) is 0 Å². The van der Waals surface area contributed by atoms with E-state index in [0.717, 1.165) is 42.1 Å². The highest BCUT2D eigenvalue weighted by molar-refractivity contribution is 5.83. The molecule has 1 fully saturated rings. The minimum atomic E-state index is 0.0703. The zero-order valence-electron chi connectivity index (χ0n) is 15.6. The molecule has 0 radical (unpaired) electrons. The van der Waals surface area contributed by atoms with Crippen molar-refractivity contribution in [2.45, 2.75) is 51.3 Å². The number of hydrogen-bond acceptors (Lipinski definition) is 3. The first kappa shape index (κ1) is 17.6. The fourth-order valence-electron chi connectivity index (χ4n) is 3.73. The molecule has 5 nitrogen and oxygen atoms in total. The summed E-state index contributed by atoms with van der Waals surface area (Å²) >= 11 is 0. The van der Waals surface area contributed by atoms with Gasteiger partial charge in [-0.15, -0.1) is 0 Å². The number of carbonyl (C=O) groups excluding carboxylic acids is 1. The lowest BCUT2D eigenvalue weighted by Crippen LogP contribution is -2.41. The summed E-state index contributed by atoms with van der Waals surface area (Å²) in [6.45, 7) is 2.37. The molecule has 1 aliphatic rings. The van der Waals surface area contributed by atoms with E-state index < -0.39 is 0 Å². The van der Waals surface area contributed by atoms with Gasteiger partial charge in [-0.05, 0) is 55.7 Å². The Labute approximate surface area is 159 Å². The number of pyridine rings is 1. The smallest absolute Gasteiger partial charge is 0.240 e. The fourth-order valence-corrected chi connectivity index (χ4v) is 3.73. The van der Waals surface area contributed by atoms with Crippen LogP contribution in [0.2, 0.25) is 0 Å². The van der Waals surface area contributed by atoms with Crippen LogP contribution < -0.4 is 10.1 Å². The molecule has 0 unspecified atom stereocenters. The first-order valence-corrected chi connectivity index (χ1v) is 9.60. The second-order valence-corrected chi connectivity index (χ2v) is 7.34. The Morgan fingerprint density at radius 1 is 1.15 bits per heavy atom. The van der Waals surface area contributed by atoms with Crippen molar-refractivity contribution in [3.05, 3.63) is 60.4 Å². The predicted molar refractivity (Wildman–Crippen MR) is 106 cm³/mol. The molecule has 0 saturated heterocycles. The van der Waals surface area contributed by atoms with Gasteiger partial charge in [-0.25, -0.2) is 4.98 Å². The number of amides is 1. The standard InChI is InChI=1S/C22H25N3O2/c1-16-6-11-22(23-14-16)27-19-9-7-18(8-10-19)24-21(26)15-25-13-12-17-4-2-3-5-20(17)25/h2-6,11-14,18-19H,7-10,15H2,1H3,(H,24,26). The summed E-state index contributed by atoms with van der Waals surface area (Å²) in [7, 11) is 0. The van der Waals surface area contributed by atoms with Crippen molar-refractivity contribution in [2.24, 2.45) is 0 Å². The lowest BCUT2D eigenvalue weighted by Gasteiger charge is -2.29. The van der Waals surface area contributed by atoms with Gasteiger partial charge in [-0.3, -0.25) is 4.79 Å². The zero-order valence-corrected chi connectivity index (χ0v) is 15.6. The molecular formula is C22H25N3O2. The van der Waals surface area contributed by atoms with Crippen LogP contribution in [0.5, 0.6) is 5.88 Å². The van der Waals surface area contributed by atoms with E-state index in [0.29, 0.717) is 12.4 Å². The Kier molecular flexibility index (Phi) is 5.10. The van der Waals surface area contributed by atoms with Crippen LogP contribution in [0.4, 0.5) is 0 Å². The van der Waals surface area contributed by atoms with E-state index in [2.05, 4.69) is 16.4 Å². The van der Waals surface area contributed by atoms with E-state index in [1.807, 2.05) is 60.3 Å². The third-order valence-electron chi connectivity index (χ3n) is 5.21. The SMILES string of the molecule is Cc1ccc(OC2CCC(NC(=O)Cn3ccc4ccccc43)CC2)nc1. The van der Waals surface area contributed by atoms with Crippen molar-refractivity contribution in [3.63, 3.8) is 0 Å². The lowest BCUT2D eigenvalue weighted by atomic mass is 9.93. The van der Waals surface area contributed by atoms with E-state index in [-0.39, 0.29) is 18.1 Å². The molecule has 2 aromatic heterocycles. The van der Waals surface area contributed by atoms with E-state index in [4.69, 9.17) is 4.74 Å². The van der Waals surface area contributed by atoms with E-state index >= 15 is 0 Å². The number of benzene rings is 1. The highest BCUT2D eigenvalue weighted by Crippen LogP contribution is 2.23. The van der Waals surface area contributed by atoms with Crippen molar-refractivity contribution in [1.82, 2.24) is 14.9 Å². The third-order valence-corrected chi connectivity index (χ3v) is 5.21. The van der Waals surface area contributed by atoms with E-state index in [9.17, 15) is 4.79 Å². The molecule has 1 saturated carbocycles. The molecule has 5 heteroatoms. The van der Waals surface area contributed by atoms with Crippen LogP contribution in [0.3, 0.4) is 0 Å². The van der Waals surface area contributed by atoms with Crippen LogP contribution >= 0.6 is 0 Å². The molecule has 0 atom stereocenters. The number of nitrogens with one attached hydrogen (secondary N) is 1. The molecule has 4 rings (SSSR count). The van der Waals surface area contributed by atoms with E-state index in [1.54, 1.807) is 0 Å². The Morgan fingerprint density at radius 2 is 1.96 bits per heavy atom. The van der Waals surface area contributed by atoms with Gasteiger partial charge in [0.05, 0.1) is 0 Å². The van der Waals surface area contributed by atoms with Crippen LogP contribution in [0, 0.1) is 6.92 Å². The fraction of sp³-hybridized carbons (Fsp3) is 0.364. The number of aryl methyl sites for hydroxylation is 1. The van der Waals surface area contributed by atoms with Crippen molar-refractivity contribution >= 4 is 16.8 Å². The summed E-state index contributed by atoms with van der Waals surface area (Å²) in [5.41, 5.74) is 2.22. The number of fused-ring (bicyclic) bond motifs is 1. The summed E-state index contributed by atoms with van der Waals surface area (Å²) < 4.78 is 7.97. The molecule has 1 N–H and O–H groups in total. The summed E-state index contributed by atoms with van der Waals surface area (Å²) in [6, 6.07) is 14.3. The summed E-state index contributed by atoms with van der Waals surface area (Å²) in [4.78, 5) is 16.8. The first-order chi connectivity index (χ1) is 13.2. The average Bonchev–Trinajstić information content (AvgIpc) is 3.08. The molecule has 1 aromatic carbocycles. The number of hydrogen-bond donors (Lipinski definition) is 1. The highest BCUT2D eigenvalue weighted by atomic mass is 16.5. The van der Waals surface area contributed by atoms with Gasteiger partial charge in [-0.2, -0.15) is 0 Å². The normalized spacial score (nSPS) is 19.7. The molecule has 140 valence electrons. The molecule has 1 aliphatic carbocycles. The predicted octanol–water partition coefficient (Wildman–Crippen LogP) is 3.85. The summed E-state index contributed by atoms with van der Waals surface area (Å²) in [5.74, 6) is 0.758. The monoisotopic (exact) mass is 363 g/mol. The van der Waals surface area contributed by atoms with Crippen molar-refractivity contribution in [1.29, 1.82) is 0 Å². The van der Waals surface area contributed by atoms with Gasteiger partial charge in [0.25, 0.3) is 0 Å². The number of carbonyl (C=O) groups is 1. The van der Waals surface area contributed by atoms with Gasteiger partial charge in [0, 0.05) is 30.0 Å². The topological polar surface area (TPSA) is 56.1 Å². The van der Waals surface area contributed by atoms with Crippen LogP contribution in [0.25, 0.3) is 10.9 Å². The second kappa shape index (κ2) is 7.82. The second-order valence-electron chi connectivity index (χ2n) is 7.34. The van der Waals surface area contributed by atoms with E-state index in [1.165, 1.54) is 0 Å². The Morgan fingerprint density at radius 3 is 2.74 bits per heavy atom.